The van der Waals surface area contributed by atoms with Crippen LogP contribution in [0, 0.1) is 0 Å². The molecule has 0 aromatic heterocycles. The monoisotopic (exact) mass is 6740 g/mol. The summed E-state index contributed by atoms with van der Waals surface area (Å²) in [7, 11) is -14.3. The van der Waals surface area contributed by atoms with E-state index in [2.05, 4.69) is 503 Å². The van der Waals surface area contributed by atoms with Gasteiger partial charge in [0.15, 0.2) is 0 Å². The molecule has 2 radical (unpaired) electrons. The van der Waals surface area contributed by atoms with Crippen LogP contribution in [0.2, 0.25) is 0 Å². The van der Waals surface area contributed by atoms with Crippen LogP contribution in [0.15, 0.2) is 0 Å². The van der Waals surface area contributed by atoms with Crippen LogP contribution in [-0.4, -0.2) is 5.70 Å². The van der Waals surface area contributed by atoms with Crippen LogP contribution >= 0.6 is 712 Å². The molecule has 0 heterocycles. The molecule has 0 aliphatic heterocycles. The van der Waals surface area contributed by atoms with Crippen molar-refractivity contribution in [3.63, 3.8) is 0 Å². The van der Waals surface area contributed by atoms with Crippen molar-refractivity contribution < 1.29 is 0 Å². The topological polar surface area (TPSA) is 0 Å². The predicted octanol–water partition coefficient (Wildman–Crippen LogP) is 46.6. The third-order valence-corrected chi connectivity index (χ3v) is 4070. The summed E-state index contributed by atoms with van der Waals surface area (Å²) < 4.78 is 0. The number of hydrogen-bond donors (Lipinski definition) is 0. The number of rotatable bonds is 25. The van der Waals surface area contributed by atoms with Crippen LogP contribution in [0.5, 0.6) is 0 Å². The van der Waals surface area contributed by atoms with Gasteiger partial charge in [0.2, 0.25) is 0 Å². The van der Waals surface area contributed by atoms with Crippen molar-refractivity contribution in [2.45, 2.75) is 0 Å². The molecule has 0 rings (SSSR count). The van der Waals surface area contributed by atoms with Gasteiger partial charge in [0.05, 0.1) is 0 Å². The van der Waals surface area contributed by atoms with E-state index >= 15 is 0 Å². The minimum absolute atomic E-state index is 0.470. The summed E-state index contributed by atoms with van der Waals surface area (Å²) in [5.74, 6) is 0. The fourth-order valence-corrected chi connectivity index (χ4v) is 9900. The zero-order chi connectivity index (χ0) is 43.0. The molecule has 0 saturated heterocycles. The van der Waals surface area contributed by atoms with E-state index < -0.39 is 209 Å². The minimum atomic E-state index is -0.979. The molecule has 0 fully saturated rings. The van der Waals surface area contributed by atoms with Gasteiger partial charge in [0.25, 0.3) is 0 Å². The Kier molecular flexibility index (Phi) is 95.2. The summed E-state index contributed by atoms with van der Waals surface area (Å²) in [4.78, 5) is 0. The first-order chi connectivity index (χ1) is 24.5. The van der Waals surface area contributed by atoms with E-state index in [0.717, 1.165) is 0 Å². The van der Waals surface area contributed by atoms with Gasteiger partial charge >= 0.3 is 717 Å². The van der Waals surface area contributed by atoms with Gasteiger partial charge in [0.1, 0.15) is 0 Å². The van der Waals surface area contributed by atoms with Crippen molar-refractivity contribution in [2.75, 3.05) is 0 Å². The summed E-state index contributed by atoms with van der Waals surface area (Å²) in [6.07, 6.45) is 0. The molecule has 0 spiro atoms. The van der Waals surface area contributed by atoms with Gasteiger partial charge in [-0.25, -0.2) is 0 Å². The SMILES string of the molecule is [B]I(I)I(I)I(I)I(I)I(I)I(I)I(I)I(I)I(I)I(I)I(I)I(I)I(I)I(I)I(I)I(I)I(I)I(I)I(I)I(I)I(I)I(I)I(I)I(I)I(I)I(I)I. The number of halogens is 53. The molecule has 54 heavy (non-hydrogen) atoms. The average Bonchev–Trinajstić information content (AvgIpc) is 3.16. The molecular formula is BI53. The predicted molar refractivity (Wildman–Crippen MR) is 749 cm³/mol. The van der Waals surface area contributed by atoms with Crippen molar-refractivity contribution >= 4 is 717 Å². The van der Waals surface area contributed by atoms with Crippen LogP contribution in [0.1, 0.15) is 0 Å². The molecule has 0 amide bonds. The first-order valence-corrected chi connectivity index (χ1v) is 336. The van der Waals surface area contributed by atoms with Gasteiger partial charge < -0.3 is 0 Å². The number of hydrogen-bond acceptors (Lipinski definition) is 0. The Labute approximate surface area is 674 Å². The normalized spacial score (nSPS) is 18.9. The van der Waals surface area contributed by atoms with E-state index in [9.17, 15) is 0 Å². The van der Waals surface area contributed by atoms with E-state index in [1.165, 1.54) is 0 Å². The van der Waals surface area contributed by atoms with Gasteiger partial charge in [-0.3, -0.25) is 0 Å². The molecule has 0 atom stereocenters. The molecule has 54 heteroatoms. The van der Waals surface area contributed by atoms with Crippen LogP contribution in [-0.2, 0) is 0 Å². The molecule has 0 aliphatic carbocycles. The van der Waals surface area contributed by atoms with E-state index in [4.69, 9.17) is 5.70 Å². The Bertz CT molecular complexity index is 906. The Balaban J connectivity index is 5.61. The van der Waals surface area contributed by atoms with Crippen molar-refractivity contribution in [2.24, 2.45) is 0 Å². The van der Waals surface area contributed by atoms with Gasteiger partial charge in [-0.05, 0) is 0 Å². The first-order valence-electron chi connectivity index (χ1n) is 7.65. The molecule has 0 unspecified atom stereocenters. The van der Waals surface area contributed by atoms with Crippen LogP contribution in [0.25, 0.3) is 0 Å². The Morgan fingerprint density at radius 1 is 0.148 bits per heavy atom. The van der Waals surface area contributed by atoms with Gasteiger partial charge in [-0.15, -0.1) is 0 Å². The zero-order valence-electron chi connectivity index (χ0n) is 20.6. The maximum absolute atomic E-state index is 6.68. The van der Waals surface area contributed by atoms with Crippen molar-refractivity contribution in [3.05, 3.63) is 0 Å². The van der Waals surface area contributed by atoms with Crippen molar-refractivity contribution in [3.8, 4) is 0 Å². The zero-order valence-corrected chi connectivity index (χ0v) is 135. The molecular weight excluding hydrogens is 6740 g/mol. The second kappa shape index (κ2) is 55.4. The third-order valence-electron chi connectivity index (χ3n) is 2.06. The van der Waals surface area contributed by atoms with E-state index in [1.54, 1.807) is 0 Å². The first kappa shape index (κ1) is 92.8. The summed E-state index contributed by atoms with van der Waals surface area (Å²) >= 11 is 87.2. The van der Waals surface area contributed by atoms with Gasteiger partial charge in [-0.1, -0.05) is 0 Å². The third kappa shape index (κ3) is 38.0. The standard InChI is InChI=1S/BI53/c1-29(2)31(5)33(7)35(9)37(11)39(13)41(15)43(17)45(19)47(21)49(23)51(25)53(27)54(28)52(26)50(24)48(22)46(20)44(18)42(16)40(14)38(12)36(10)34(8)32(6)30(3)4. The fraction of sp³-hybridized carbons (Fsp3) is 0. The van der Waals surface area contributed by atoms with Crippen LogP contribution < -0.4 is 0 Å². The van der Waals surface area contributed by atoms with E-state index in [1.807, 2.05) is 0 Å². The molecule has 0 bridgehead atoms. The molecule has 0 aromatic rings. The second-order valence-corrected chi connectivity index (χ2v) is 1250. The quantitative estimate of drug-likeness (QED) is 0.0631. The molecule has 0 aromatic carbocycles. The molecule has 0 nitrogen and oxygen atoms in total. The van der Waals surface area contributed by atoms with E-state index in [-0.39, 0.29) is 0 Å². The van der Waals surface area contributed by atoms with Crippen LogP contribution in [0.4, 0.5) is 0 Å². The molecule has 374 valence electrons. The Morgan fingerprint density at radius 2 is 0.241 bits per heavy atom. The second-order valence-electron chi connectivity index (χ2n) is 4.27. The molecule has 0 N–H and O–H groups in total. The van der Waals surface area contributed by atoms with E-state index in [0.29, 0.717) is 0 Å². The summed E-state index contributed by atoms with van der Waals surface area (Å²) in [5, 5.41) is 0. The summed E-state index contributed by atoms with van der Waals surface area (Å²) in [6, 6.07) is 0. The maximum atomic E-state index is 6.68. The van der Waals surface area contributed by atoms with Crippen molar-refractivity contribution in [1.82, 2.24) is 0 Å². The molecule has 0 aliphatic rings. The summed E-state index contributed by atoms with van der Waals surface area (Å²) in [6.45, 7) is 0. The Hall–Kier alpha value is 38.8. The van der Waals surface area contributed by atoms with Gasteiger partial charge in [-0.2, -0.15) is 0 Å². The van der Waals surface area contributed by atoms with Crippen LogP contribution in [0.3, 0.4) is 0 Å². The molecule has 0 saturated carbocycles. The summed E-state index contributed by atoms with van der Waals surface area (Å²) in [5.41, 5.74) is 6.68. The van der Waals surface area contributed by atoms with Gasteiger partial charge in [0, 0.05) is 0 Å². The van der Waals surface area contributed by atoms with Crippen molar-refractivity contribution in [1.29, 1.82) is 0 Å². The average molecular weight is 6740 g/mol. The fourth-order valence-electron chi connectivity index (χ4n) is 0.749. The Morgan fingerprint density at radius 3 is 0.333 bits per heavy atom.